The number of thiophene rings is 1. The van der Waals surface area contributed by atoms with Crippen molar-refractivity contribution in [2.45, 2.75) is 6.92 Å². The molecule has 2 aromatic rings. The number of carbonyl (C=O) groups excluding carboxylic acids is 1. The fraction of sp³-hybridized carbons (Fsp3) is 0.0714. The summed E-state index contributed by atoms with van der Waals surface area (Å²) < 4.78 is 0. The van der Waals surface area contributed by atoms with Crippen LogP contribution in [0.4, 0.5) is 5.69 Å². The average Bonchev–Trinajstić information content (AvgIpc) is 2.80. The maximum atomic E-state index is 10.8. The molecule has 1 aromatic carbocycles. The van der Waals surface area contributed by atoms with Gasteiger partial charge in [-0.3, -0.25) is 4.79 Å². The highest BCUT2D eigenvalue weighted by Crippen LogP contribution is 2.09. The van der Waals surface area contributed by atoms with Crippen LogP contribution in [0, 0.1) is 11.8 Å². The number of nitrogens with one attached hydrogen (secondary N) is 1. The third-order valence-corrected chi connectivity index (χ3v) is 2.76. The molecule has 3 heteroatoms. The van der Waals surface area contributed by atoms with Crippen molar-refractivity contribution in [2.24, 2.45) is 0 Å². The van der Waals surface area contributed by atoms with Crippen LogP contribution in [0.15, 0.2) is 41.1 Å². The van der Waals surface area contributed by atoms with E-state index in [1.54, 1.807) is 11.3 Å². The van der Waals surface area contributed by atoms with Crippen molar-refractivity contribution < 1.29 is 4.79 Å². The topological polar surface area (TPSA) is 29.1 Å². The monoisotopic (exact) mass is 241 g/mol. The van der Waals surface area contributed by atoms with Crippen molar-refractivity contribution in [1.29, 1.82) is 0 Å². The zero-order valence-corrected chi connectivity index (χ0v) is 10.2. The van der Waals surface area contributed by atoms with Crippen molar-refractivity contribution in [3.8, 4) is 11.8 Å². The second-order valence-electron chi connectivity index (χ2n) is 3.52. The largest absolute Gasteiger partial charge is 0.326 e. The second kappa shape index (κ2) is 5.33. The number of benzene rings is 1. The van der Waals surface area contributed by atoms with Gasteiger partial charge in [0.2, 0.25) is 5.91 Å². The number of carbonyl (C=O) groups is 1. The fourth-order valence-electron chi connectivity index (χ4n) is 1.32. The number of hydrogen-bond donors (Lipinski definition) is 1. The molecule has 0 aliphatic carbocycles. The molecule has 0 fully saturated rings. The van der Waals surface area contributed by atoms with E-state index in [9.17, 15) is 4.79 Å². The molecule has 0 aliphatic heterocycles. The number of hydrogen-bond acceptors (Lipinski definition) is 2. The first-order valence-corrected chi connectivity index (χ1v) is 6.10. The van der Waals surface area contributed by atoms with Crippen molar-refractivity contribution in [3.05, 3.63) is 52.2 Å². The summed E-state index contributed by atoms with van der Waals surface area (Å²) in [5.74, 6) is 6.08. The summed E-state index contributed by atoms with van der Waals surface area (Å²) in [6.07, 6.45) is 0. The van der Waals surface area contributed by atoms with E-state index in [-0.39, 0.29) is 5.91 Å². The molecule has 1 heterocycles. The van der Waals surface area contributed by atoms with Gasteiger partial charge in [-0.05, 0) is 35.7 Å². The Morgan fingerprint density at radius 3 is 2.41 bits per heavy atom. The molecule has 0 saturated heterocycles. The molecule has 2 nitrogen and oxygen atoms in total. The maximum absolute atomic E-state index is 10.8. The molecule has 2 rings (SSSR count). The highest BCUT2D eigenvalue weighted by Gasteiger charge is 1.94. The molecule has 0 saturated carbocycles. The first kappa shape index (κ1) is 11.4. The summed E-state index contributed by atoms with van der Waals surface area (Å²) in [6.45, 7) is 1.49. The van der Waals surface area contributed by atoms with Crippen molar-refractivity contribution in [2.75, 3.05) is 5.32 Å². The minimum Gasteiger partial charge on any atom is -0.326 e. The molecule has 17 heavy (non-hydrogen) atoms. The van der Waals surface area contributed by atoms with Gasteiger partial charge in [0.05, 0.1) is 0 Å². The summed E-state index contributed by atoms with van der Waals surface area (Å²) >= 11 is 1.63. The summed E-state index contributed by atoms with van der Waals surface area (Å²) in [7, 11) is 0. The lowest BCUT2D eigenvalue weighted by Gasteiger charge is -2.00. The molecule has 1 aromatic heterocycles. The normalized spacial score (nSPS) is 9.24. The van der Waals surface area contributed by atoms with Crippen LogP contribution in [0.25, 0.3) is 0 Å². The highest BCUT2D eigenvalue weighted by atomic mass is 32.1. The average molecular weight is 241 g/mol. The van der Waals surface area contributed by atoms with Gasteiger partial charge in [0.25, 0.3) is 0 Å². The smallest absolute Gasteiger partial charge is 0.221 e. The number of anilines is 1. The van der Waals surface area contributed by atoms with Gasteiger partial charge in [-0.2, -0.15) is 11.3 Å². The Labute approximate surface area is 104 Å². The predicted octanol–water partition coefficient (Wildman–Crippen LogP) is 3.11. The van der Waals surface area contributed by atoms with Gasteiger partial charge in [0.15, 0.2) is 0 Å². The molecular formula is C14H11NOS. The summed E-state index contributed by atoms with van der Waals surface area (Å²) in [5.41, 5.74) is 2.75. The van der Waals surface area contributed by atoms with E-state index in [1.165, 1.54) is 6.92 Å². The van der Waals surface area contributed by atoms with Crippen LogP contribution in [0.1, 0.15) is 18.1 Å². The van der Waals surface area contributed by atoms with Crippen molar-refractivity contribution in [3.63, 3.8) is 0 Å². The zero-order chi connectivity index (χ0) is 12.1. The minimum atomic E-state index is -0.0675. The molecule has 0 aliphatic rings. The van der Waals surface area contributed by atoms with Gasteiger partial charge in [0.1, 0.15) is 0 Å². The number of rotatable bonds is 1. The second-order valence-corrected chi connectivity index (χ2v) is 4.30. The Balaban J connectivity index is 2.10. The lowest BCUT2D eigenvalue weighted by Crippen LogP contribution is -2.05. The van der Waals surface area contributed by atoms with E-state index >= 15 is 0 Å². The van der Waals surface area contributed by atoms with Gasteiger partial charge in [-0.1, -0.05) is 11.8 Å². The Morgan fingerprint density at radius 2 is 1.82 bits per heavy atom. The summed E-state index contributed by atoms with van der Waals surface area (Å²) in [5, 5.41) is 6.73. The first-order valence-electron chi connectivity index (χ1n) is 5.16. The zero-order valence-electron chi connectivity index (χ0n) is 9.36. The van der Waals surface area contributed by atoms with Gasteiger partial charge in [-0.15, -0.1) is 0 Å². The Hall–Kier alpha value is -2.05. The molecule has 0 atom stereocenters. The summed E-state index contributed by atoms with van der Waals surface area (Å²) in [4.78, 5) is 10.8. The maximum Gasteiger partial charge on any atom is 0.221 e. The predicted molar refractivity (Wildman–Crippen MR) is 71.0 cm³/mol. The molecule has 1 amide bonds. The minimum absolute atomic E-state index is 0.0675. The Kier molecular flexibility index (Phi) is 3.59. The van der Waals surface area contributed by atoms with Crippen LogP contribution in [-0.2, 0) is 4.79 Å². The van der Waals surface area contributed by atoms with Crippen LogP contribution in [-0.4, -0.2) is 5.91 Å². The van der Waals surface area contributed by atoms with E-state index in [4.69, 9.17) is 0 Å². The molecule has 0 spiro atoms. The van der Waals surface area contributed by atoms with Crippen LogP contribution < -0.4 is 5.32 Å². The van der Waals surface area contributed by atoms with Gasteiger partial charge in [0, 0.05) is 29.1 Å². The third kappa shape index (κ3) is 3.47. The molecule has 0 unspecified atom stereocenters. The molecule has 84 valence electrons. The van der Waals surface area contributed by atoms with E-state index in [2.05, 4.69) is 17.2 Å². The fourth-order valence-corrected chi connectivity index (χ4v) is 1.91. The number of amides is 1. The van der Waals surface area contributed by atoms with Gasteiger partial charge in [-0.25, -0.2) is 0 Å². The first-order chi connectivity index (χ1) is 8.24. The Morgan fingerprint density at radius 1 is 1.12 bits per heavy atom. The van der Waals surface area contributed by atoms with E-state index in [0.29, 0.717) is 0 Å². The van der Waals surface area contributed by atoms with Gasteiger partial charge >= 0.3 is 0 Å². The third-order valence-electron chi connectivity index (χ3n) is 2.08. The quantitative estimate of drug-likeness (QED) is 0.764. The van der Waals surface area contributed by atoms with E-state index in [1.807, 2.05) is 41.1 Å². The summed E-state index contributed by atoms with van der Waals surface area (Å²) in [6, 6.07) is 9.47. The van der Waals surface area contributed by atoms with Crippen LogP contribution in [0.3, 0.4) is 0 Å². The van der Waals surface area contributed by atoms with Crippen LogP contribution in [0.5, 0.6) is 0 Å². The lowest BCUT2D eigenvalue weighted by atomic mass is 10.2. The van der Waals surface area contributed by atoms with Crippen molar-refractivity contribution in [1.82, 2.24) is 0 Å². The SMILES string of the molecule is CC(=O)Nc1ccc(C#Cc2ccsc2)cc1. The van der Waals surface area contributed by atoms with Crippen molar-refractivity contribution >= 4 is 22.9 Å². The molecule has 0 radical (unpaired) electrons. The van der Waals surface area contributed by atoms with Gasteiger partial charge < -0.3 is 5.32 Å². The highest BCUT2D eigenvalue weighted by molar-refractivity contribution is 7.08. The molecule has 1 N–H and O–H groups in total. The molecule has 0 bridgehead atoms. The van der Waals surface area contributed by atoms with E-state index < -0.39 is 0 Å². The van der Waals surface area contributed by atoms with E-state index in [0.717, 1.165) is 16.8 Å². The standard InChI is InChI=1S/C14H11NOS/c1-11(16)15-14-6-4-12(5-7-14)2-3-13-8-9-17-10-13/h4-10H,1H3,(H,15,16). The Bertz CT molecular complexity index is 559. The van der Waals surface area contributed by atoms with Crippen LogP contribution >= 0.6 is 11.3 Å². The van der Waals surface area contributed by atoms with Crippen LogP contribution in [0.2, 0.25) is 0 Å². The molecular weight excluding hydrogens is 230 g/mol. The lowest BCUT2D eigenvalue weighted by molar-refractivity contribution is -0.114.